The fraction of sp³-hybridized carbons (Fsp3) is 0.400. The number of esters is 2. The summed E-state index contributed by atoms with van der Waals surface area (Å²) in [5.41, 5.74) is 1.09. The first-order valence-electron chi connectivity index (χ1n) is 11.0. The largest absolute Gasteiger partial charge is 0.466 e. The van der Waals surface area contributed by atoms with Crippen molar-refractivity contribution in [3.05, 3.63) is 60.2 Å². The normalized spacial score (nSPS) is 15.0. The van der Waals surface area contributed by atoms with Crippen molar-refractivity contribution in [2.75, 3.05) is 46.6 Å². The molecule has 0 atom stereocenters. The van der Waals surface area contributed by atoms with Crippen LogP contribution in [-0.2, 0) is 28.6 Å². The van der Waals surface area contributed by atoms with E-state index in [1.165, 1.54) is 7.11 Å². The number of nitrogens with zero attached hydrogens (tertiary/aromatic N) is 2. The van der Waals surface area contributed by atoms with Gasteiger partial charge in [-0.25, -0.2) is 9.59 Å². The number of carbonyl (C=O) groups is 2. The number of hydrogen-bond donors (Lipinski definition) is 0. The number of rotatable bonds is 10. The third-order valence-electron chi connectivity index (χ3n) is 5.40. The van der Waals surface area contributed by atoms with Crippen LogP contribution in [0.2, 0.25) is 0 Å². The third kappa shape index (κ3) is 7.31. The summed E-state index contributed by atoms with van der Waals surface area (Å²) in [6, 6.07) is 18.3. The molecule has 2 aromatic carbocycles. The van der Waals surface area contributed by atoms with Crippen molar-refractivity contribution in [1.82, 2.24) is 4.90 Å². The summed E-state index contributed by atoms with van der Waals surface area (Å²) < 4.78 is 14.8. The molecule has 1 fully saturated rings. The average Bonchev–Trinajstić information content (AvgIpc) is 2.87. The highest BCUT2D eigenvalue weighted by atomic mass is 32.2. The van der Waals surface area contributed by atoms with Crippen LogP contribution in [0.25, 0.3) is 0 Å². The molecule has 182 valence electrons. The van der Waals surface area contributed by atoms with Crippen LogP contribution in [0.4, 0.5) is 0 Å². The van der Waals surface area contributed by atoms with Crippen LogP contribution in [0.3, 0.4) is 0 Å². The highest BCUT2D eigenvalue weighted by molar-refractivity contribution is 7.99. The van der Waals surface area contributed by atoms with E-state index in [1.54, 1.807) is 11.8 Å². The number of methoxy groups -OCH3 is 1. The zero-order valence-electron chi connectivity index (χ0n) is 19.7. The molecule has 1 aliphatic heterocycles. The second-order valence-electron chi connectivity index (χ2n) is 8.05. The zero-order chi connectivity index (χ0) is 24.4. The Morgan fingerprint density at radius 1 is 0.971 bits per heavy atom. The van der Waals surface area contributed by atoms with Gasteiger partial charge in [-0.2, -0.15) is 0 Å². The Hall–Kier alpha value is -2.88. The molecule has 0 N–H and O–H groups in total. The molecular formula is C25H30N2O6S. The lowest BCUT2D eigenvalue weighted by Gasteiger charge is -2.41. The second kappa shape index (κ2) is 12.5. The third-order valence-corrected chi connectivity index (χ3v) is 6.42. The molecule has 2 aromatic rings. The van der Waals surface area contributed by atoms with Gasteiger partial charge in [0.25, 0.3) is 0 Å². The van der Waals surface area contributed by atoms with Crippen molar-refractivity contribution in [3.8, 4) is 0 Å². The fourth-order valence-electron chi connectivity index (χ4n) is 3.48. The van der Waals surface area contributed by atoms with Crippen LogP contribution >= 0.6 is 11.8 Å². The molecule has 9 heteroatoms. The first-order chi connectivity index (χ1) is 16.4. The lowest BCUT2D eigenvalue weighted by Crippen LogP contribution is -2.54. The van der Waals surface area contributed by atoms with E-state index in [0.29, 0.717) is 18.9 Å². The summed E-state index contributed by atoms with van der Waals surface area (Å²) in [4.78, 5) is 33.0. The smallest absolute Gasteiger partial charge is 0.347 e. The number of carbonyl (C=O) groups excluding carboxylic acids is 2. The number of hydrogen-bond acceptors (Lipinski definition) is 9. The SMILES string of the molecule is COC(=O)COC(=O)CON=C(c1ccc(Sc2ccccc2)cc1)C(C)(C)N1CCOCC1. The van der Waals surface area contributed by atoms with Crippen LogP contribution in [-0.4, -0.2) is 74.7 Å². The summed E-state index contributed by atoms with van der Waals surface area (Å²) in [6.45, 7) is 6.07. The van der Waals surface area contributed by atoms with Crippen molar-refractivity contribution in [2.24, 2.45) is 5.16 Å². The summed E-state index contributed by atoms with van der Waals surface area (Å²) in [6.07, 6.45) is 0. The van der Waals surface area contributed by atoms with E-state index in [0.717, 1.165) is 28.4 Å². The topological polar surface area (TPSA) is 86.7 Å². The van der Waals surface area contributed by atoms with Gasteiger partial charge in [-0.1, -0.05) is 47.2 Å². The fourth-order valence-corrected chi connectivity index (χ4v) is 4.32. The van der Waals surface area contributed by atoms with Crippen molar-refractivity contribution >= 4 is 29.4 Å². The Morgan fingerprint density at radius 3 is 2.26 bits per heavy atom. The first-order valence-corrected chi connectivity index (χ1v) is 11.8. The Labute approximate surface area is 204 Å². The van der Waals surface area contributed by atoms with Gasteiger partial charge >= 0.3 is 11.9 Å². The number of oxime groups is 1. The van der Waals surface area contributed by atoms with Crippen molar-refractivity contribution in [1.29, 1.82) is 0 Å². The standard InChI is InChI=1S/C25H30N2O6S/c1-25(2,27-13-15-31-16-14-27)24(26-33-18-23(29)32-17-22(28)30-3)19-9-11-21(12-10-19)34-20-7-5-4-6-8-20/h4-12H,13-18H2,1-3H3. The molecule has 1 heterocycles. The molecule has 0 spiro atoms. The Balaban J connectivity index is 1.76. The molecule has 0 radical (unpaired) electrons. The molecule has 0 amide bonds. The quantitative estimate of drug-likeness (QED) is 0.287. The molecular weight excluding hydrogens is 456 g/mol. The zero-order valence-corrected chi connectivity index (χ0v) is 20.5. The van der Waals surface area contributed by atoms with Crippen LogP contribution in [0, 0.1) is 0 Å². The minimum Gasteiger partial charge on any atom is -0.466 e. The monoisotopic (exact) mass is 486 g/mol. The minimum atomic E-state index is -0.702. The van der Waals surface area contributed by atoms with Gasteiger partial charge in [0.2, 0.25) is 6.61 Å². The molecule has 3 rings (SSSR count). The lowest BCUT2D eigenvalue weighted by molar-refractivity contribution is -0.159. The van der Waals surface area contributed by atoms with Crippen molar-refractivity contribution in [2.45, 2.75) is 29.2 Å². The number of benzene rings is 2. The van der Waals surface area contributed by atoms with Gasteiger partial charge < -0.3 is 19.0 Å². The Kier molecular flexibility index (Phi) is 9.50. The van der Waals surface area contributed by atoms with E-state index in [-0.39, 0.29) is 0 Å². The van der Waals surface area contributed by atoms with E-state index in [1.807, 2.05) is 42.5 Å². The maximum absolute atomic E-state index is 11.9. The number of morpholine rings is 1. The van der Waals surface area contributed by atoms with Crippen LogP contribution in [0.1, 0.15) is 19.4 Å². The predicted molar refractivity (Wildman–Crippen MR) is 129 cm³/mol. The Morgan fingerprint density at radius 2 is 1.62 bits per heavy atom. The first kappa shape index (κ1) is 25.7. The highest BCUT2D eigenvalue weighted by Gasteiger charge is 2.35. The molecule has 0 bridgehead atoms. The maximum atomic E-state index is 11.9. The van der Waals surface area contributed by atoms with E-state index in [4.69, 9.17) is 14.3 Å². The summed E-state index contributed by atoms with van der Waals surface area (Å²) in [5, 5.41) is 4.35. The molecule has 0 unspecified atom stereocenters. The van der Waals surface area contributed by atoms with Crippen LogP contribution in [0.15, 0.2) is 69.5 Å². The maximum Gasteiger partial charge on any atom is 0.347 e. The van der Waals surface area contributed by atoms with Gasteiger partial charge in [0, 0.05) is 28.4 Å². The molecule has 0 saturated carbocycles. The van der Waals surface area contributed by atoms with E-state index in [9.17, 15) is 9.59 Å². The summed E-state index contributed by atoms with van der Waals surface area (Å²) in [5.74, 6) is -1.34. The molecule has 0 aromatic heterocycles. The van der Waals surface area contributed by atoms with E-state index in [2.05, 4.69) is 40.8 Å². The van der Waals surface area contributed by atoms with Gasteiger partial charge in [0.05, 0.1) is 25.9 Å². The van der Waals surface area contributed by atoms with Gasteiger partial charge in [0.15, 0.2) is 6.61 Å². The number of ether oxygens (including phenoxy) is 3. The summed E-state index contributed by atoms with van der Waals surface area (Å²) >= 11 is 1.68. The van der Waals surface area contributed by atoms with Crippen molar-refractivity contribution < 1.29 is 28.6 Å². The van der Waals surface area contributed by atoms with E-state index < -0.39 is 30.7 Å². The predicted octanol–water partition coefficient (Wildman–Crippen LogP) is 3.39. The molecule has 1 aliphatic rings. The van der Waals surface area contributed by atoms with Crippen molar-refractivity contribution in [3.63, 3.8) is 0 Å². The highest BCUT2D eigenvalue weighted by Crippen LogP contribution is 2.29. The Bertz CT molecular complexity index is 973. The van der Waals surface area contributed by atoms with Crippen LogP contribution in [0.5, 0.6) is 0 Å². The van der Waals surface area contributed by atoms with Crippen LogP contribution < -0.4 is 0 Å². The van der Waals surface area contributed by atoms with E-state index >= 15 is 0 Å². The summed E-state index contributed by atoms with van der Waals surface area (Å²) in [7, 11) is 1.22. The molecule has 34 heavy (non-hydrogen) atoms. The van der Waals surface area contributed by atoms with Gasteiger partial charge in [-0.3, -0.25) is 4.90 Å². The lowest BCUT2D eigenvalue weighted by atomic mass is 9.90. The molecule has 8 nitrogen and oxygen atoms in total. The van der Waals surface area contributed by atoms with Gasteiger partial charge in [-0.05, 0) is 38.1 Å². The minimum absolute atomic E-state index is 0.415. The average molecular weight is 487 g/mol. The van der Waals surface area contributed by atoms with Gasteiger partial charge in [-0.15, -0.1) is 0 Å². The van der Waals surface area contributed by atoms with Gasteiger partial charge in [0.1, 0.15) is 5.71 Å². The molecule has 0 aliphatic carbocycles. The second-order valence-corrected chi connectivity index (χ2v) is 9.20. The molecule has 1 saturated heterocycles.